The van der Waals surface area contributed by atoms with Crippen molar-refractivity contribution in [2.75, 3.05) is 13.2 Å². The summed E-state index contributed by atoms with van der Waals surface area (Å²) in [5.41, 5.74) is 5.30. The average Bonchev–Trinajstić information content (AvgIpc) is 2.38. The molecule has 100 valence electrons. The molecule has 0 aliphatic heterocycles. The van der Waals surface area contributed by atoms with E-state index in [1.54, 1.807) is 0 Å². The number of ether oxygens (including phenoxy) is 1. The number of hydrogen-bond acceptors (Lipinski definition) is 3. The van der Waals surface area contributed by atoms with Crippen molar-refractivity contribution in [1.29, 1.82) is 0 Å². The van der Waals surface area contributed by atoms with Gasteiger partial charge in [-0.1, -0.05) is 25.1 Å². The molecule has 3 N–H and O–H groups in total. The van der Waals surface area contributed by atoms with Crippen LogP contribution in [0.4, 0.5) is 0 Å². The Kier molecular flexibility index (Phi) is 5.65. The molecular formula is C14H22N2O2. The molecule has 1 atom stereocenters. The van der Waals surface area contributed by atoms with E-state index in [0.29, 0.717) is 12.3 Å². The zero-order valence-corrected chi connectivity index (χ0v) is 11.1. The Morgan fingerprint density at radius 2 is 2.06 bits per heavy atom. The van der Waals surface area contributed by atoms with E-state index in [9.17, 15) is 4.79 Å². The largest absolute Gasteiger partial charge is 0.484 e. The number of carbonyl (C=O) groups is 1. The molecule has 1 unspecified atom stereocenters. The molecule has 0 aliphatic carbocycles. The molecule has 18 heavy (non-hydrogen) atoms. The van der Waals surface area contributed by atoms with Crippen molar-refractivity contribution in [3.8, 4) is 5.75 Å². The molecule has 1 aromatic rings. The van der Waals surface area contributed by atoms with Crippen LogP contribution >= 0.6 is 0 Å². The summed E-state index contributed by atoms with van der Waals surface area (Å²) < 4.78 is 5.39. The lowest BCUT2D eigenvalue weighted by atomic mass is 9.94. The van der Waals surface area contributed by atoms with Crippen LogP contribution in [0.3, 0.4) is 0 Å². The van der Waals surface area contributed by atoms with E-state index in [4.69, 9.17) is 10.5 Å². The van der Waals surface area contributed by atoms with Gasteiger partial charge in [-0.3, -0.25) is 4.79 Å². The first-order valence-electron chi connectivity index (χ1n) is 6.28. The molecule has 4 heteroatoms. The summed E-state index contributed by atoms with van der Waals surface area (Å²) in [4.78, 5) is 11.8. The summed E-state index contributed by atoms with van der Waals surface area (Å²) >= 11 is 0. The normalized spacial score (nSPS) is 13.7. The van der Waals surface area contributed by atoms with Gasteiger partial charge in [-0.15, -0.1) is 0 Å². The maximum Gasteiger partial charge on any atom is 0.258 e. The molecule has 0 saturated heterocycles. The van der Waals surface area contributed by atoms with Crippen molar-refractivity contribution in [2.24, 2.45) is 5.73 Å². The summed E-state index contributed by atoms with van der Waals surface area (Å²) in [5.74, 6) is 0.585. The Morgan fingerprint density at radius 3 is 2.61 bits per heavy atom. The first-order chi connectivity index (χ1) is 8.59. The number of amides is 1. The lowest BCUT2D eigenvalue weighted by molar-refractivity contribution is -0.125. The number of nitrogens with one attached hydrogen (secondary N) is 1. The summed E-state index contributed by atoms with van der Waals surface area (Å²) in [6, 6.07) is 9.30. The van der Waals surface area contributed by atoms with E-state index in [2.05, 4.69) is 5.32 Å². The second-order valence-electron chi connectivity index (χ2n) is 4.60. The van der Waals surface area contributed by atoms with E-state index in [0.717, 1.165) is 12.8 Å². The Morgan fingerprint density at radius 1 is 1.39 bits per heavy atom. The Hall–Kier alpha value is -1.55. The Labute approximate surface area is 109 Å². The smallest absolute Gasteiger partial charge is 0.258 e. The van der Waals surface area contributed by atoms with Gasteiger partial charge >= 0.3 is 0 Å². The molecule has 0 heterocycles. The molecule has 0 radical (unpaired) electrons. The van der Waals surface area contributed by atoms with Crippen LogP contribution in [-0.2, 0) is 4.79 Å². The van der Waals surface area contributed by atoms with E-state index >= 15 is 0 Å². The molecule has 1 aromatic carbocycles. The minimum absolute atomic E-state index is 0.0319. The highest BCUT2D eigenvalue weighted by Gasteiger charge is 2.23. The van der Waals surface area contributed by atoms with E-state index in [-0.39, 0.29) is 18.1 Å². The van der Waals surface area contributed by atoms with Crippen LogP contribution in [0.2, 0.25) is 0 Å². The number of hydrogen-bond donors (Lipinski definition) is 2. The number of rotatable bonds is 7. The Bertz CT molecular complexity index is 367. The van der Waals surface area contributed by atoms with Gasteiger partial charge in [0, 0.05) is 5.54 Å². The zero-order valence-electron chi connectivity index (χ0n) is 11.1. The highest BCUT2D eigenvalue weighted by Crippen LogP contribution is 2.13. The number of carbonyl (C=O) groups excluding carboxylic acids is 1. The van der Waals surface area contributed by atoms with Gasteiger partial charge < -0.3 is 15.8 Å². The van der Waals surface area contributed by atoms with Gasteiger partial charge in [-0.05, 0) is 38.4 Å². The fourth-order valence-electron chi connectivity index (χ4n) is 1.68. The molecule has 4 nitrogen and oxygen atoms in total. The average molecular weight is 250 g/mol. The van der Waals surface area contributed by atoms with Gasteiger partial charge in [0.25, 0.3) is 5.91 Å². The van der Waals surface area contributed by atoms with E-state index < -0.39 is 0 Å². The first-order valence-corrected chi connectivity index (χ1v) is 6.28. The summed E-state index contributed by atoms with van der Waals surface area (Å²) in [7, 11) is 0. The second kappa shape index (κ2) is 7.01. The van der Waals surface area contributed by atoms with Gasteiger partial charge in [0.15, 0.2) is 6.61 Å². The molecule has 1 rings (SSSR count). The topological polar surface area (TPSA) is 64.3 Å². The summed E-state index contributed by atoms with van der Waals surface area (Å²) in [6.45, 7) is 4.63. The third-order valence-electron chi connectivity index (χ3n) is 3.03. The molecule has 0 fully saturated rings. The predicted octanol–water partition coefficient (Wildman–Crippen LogP) is 1.70. The van der Waals surface area contributed by atoms with Crippen LogP contribution in [0.15, 0.2) is 30.3 Å². The van der Waals surface area contributed by atoms with Gasteiger partial charge in [-0.25, -0.2) is 0 Å². The minimum Gasteiger partial charge on any atom is -0.484 e. The van der Waals surface area contributed by atoms with Crippen LogP contribution in [0.25, 0.3) is 0 Å². The van der Waals surface area contributed by atoms with Crippen molar-refractivity contribution in [1.82, 2.24) is 5.32 Å². The van der Waals surface area contributed by atoms with Crippen molar-refractivity contribution in [3.05, 3.63) is 30.3 Å². The van der Waals surface area contributed by atoms with Crippen LogP contribution < -0.4 is 15.8 Å². The maximum absolute atomic E-state index is 11.8. The summed E-state index contributed by atoms with van der Waals surface area (Å²) in [5, 5.41) is 2.97. The first kappa shape index (κ1) is 14.5. The molecule has 0 saturated carbocycles. The molecule has 0 spiro atoms. The molecular weight excluding hydrogens is 228 g/mol. The minimum atomic E-state index is -0.244. The number of benzene rings is 1. The highest BCUT2D eigenvalue weighted by molar-refractivity contribution is 5.78. The van der Waals surface area contributed by atoms with Crippen molar-refractivity contribution in [3.63, 3.8) is 0 Å². The van der Waals surface area contributed by atoms with Crippen LogP contribution in [0, 0.1) is 0 Å². The fraction of sp³-hybridized carbons (Fsp3) is 0.500. The van der Waals surface area contributed by atoms with Gasteiger partial charge in [0.2, 0.25) is 0 Å². The molecule has 0 bridgehead atoms. The van der Waals surface area contributed by atoms with Crippen molar-refractivity contribution >= 4 is 5.91 Å². The van der Waals surface area contributed by atoms with Gasteiger partial charge in [0.1, 0.15) is 5.75 Å². The van der Waals surface area contributed by atoms with Crippen LogP contribution in [-0.4, -0.2) is 24.6 Å². The molecule has 0 aliphatic rings. The number of nitrogens with two attached hydrogens (primary N) is 1. The van der Waals surface area contributed by atoms with Crippen LogP contribution in [0.1, 0.15) is 26.7 Å². The molecule has 1 amide bonds. The maximum atomic E-state index is 11.8. The third-order valence-corrected chi connectivity index (χ3v) is 3.03. The lowest BCUT2D eigenvalue weighted by Crippen LogP contribution is -2.48. The Balaban J connectivity index is 2.41. The summed E-state index contributed by atoms with van der Waals surface area (Å²) in [6.07, 6.45) is 1.61. The second-order valence-corrected chi connectivity index (χ2v) is 4.60. The molecule has 0 aromatic heterocycles. The standard InChI is InChI=1S/C14H22N2O2/c1-3-14(2,9-10-15)16-13(17)11-18-12-7-5-4-6-8-12/h4-8H,3,9-11,15H2,1-2H3,(H,16,17). The van der Waals surface area contributed by atoms with E-state index in [1.807, 2.05) is 44.2 Å². The van der Waals surface area contributed by atoms with Gasteiger partial charge in [0.05, 0.1) is 0 Å². The predicted molar refractivity (Wildman–Crippen MR) is 72.4 cm³/mol. The quantitative estimate of drug-likeness (QED) is 0.774. The highest BCUT2D eigenvalue weighted by atomic mass is 16.5. The monoisotopic (exact) mass is 250 g/mol. The van der Waals surface area contributed by atoms with Crippen LogP contribution in [0.5, 0.6) is 5.75 Å². The number of para-hydroxylation sites is 1. The van der Waals surface area contributed by atoms with Gasteiger partial charge in [-0.2, -0.15) is 0 Å². The van der Waals surface area contributed by atoms with E-state index in [1.165, 1.54) is 0 Å². The van der Waals surface area contributed by atoms with Crippen molar-refractivity contribution in [2.45, 2.75) is 32.2 Å². The van der Waals surface area contributed by atoms with Crippen molar-refractivity contribution < 1.29 is 9.53 Å². The lowest BCUT2D eigenvalue weighted by Gasteiger charge is -2.29. The zero-order chi connectivity index (χ0) is 13.4. The fourth-order valence-corrected chi connectivity index (χ4v) is 1.68. The SMILES string of the molecule is CCC(C)(CCN)NC(=O)COc1ccccc1. The third kappa shape index (κ3) is 4.75.